The maximum absolute atomic E-state index is 14.0. The Morgan fingerprint density at radius 3 is 2.54 bits per heavy atom. The van der Waals surface area contributed by atoms with Gasteiger partial charge in [-0.25, -0.2) is 9.37 Å². The second kappa shape index (κ2) is 11.7. The van der Waals surface area contributed by atoms with Gasteiger partial charge in [0.25, 0.3) is 0 Å². The number of Topliss-reactive ketones (excluding diaryl/α,β-unsaturated/α-hetero) is 1. The van der Waals surface area contributed by atoms with Gasteiger partial charge in [-0.2, -0.15) is 4.98 Å². The van der Waals surface area contributed by atoms with E-state index < -0.39 is 11.3 Å². The summed E-state index contributed by atoms with van der Waals surface area (Å²) in [6, 6.07) is 20.8. The van der Waals surface area contributed by atoms with Crippen LogP contribution in [0.2, 0.25) is 0 Å². The lowest BCUT2D eigenvalue weighted by atomic mass is 10.0. The van der Waals surface area contributed by atoms with Gasteiger partial charge in [0, 0.05) is 54.4 Å². The largest absolute Gasteiger partial charge is 0.755 e. The summed E-state index contributed by atoms with van der Waals surface area (Å²) in [4.78, 5) is 23.2. The summed E-state index contributed by atoms with van der Waals surface area (Å²) in [7, 11) is 1.86. The van der Waals surface area contributed by atoms with Crippen LogP contribution in [0.15, 0.2) is 79.0 Å². The third-order valence-electron chi connectivity index (χ3n) is 5.62. The number of hydrogen-bond donors (Lipinski definition) is 2. The number of rotatable bonds is 10. The average molecular weight is 519 g/mol. The fourth-order valence-electron chi connectivity index (χ4n) is 3.79. The SMILES string of the molecule is Cc1ccc(F)c(CC(=O)Cc2ccc(N(C)c3ccnc(Nc4cccc(NS(=O)[O-])c4)n3)cc2)c1. The summed E-state index contributed by atoms with van der Waals surface area (Å²) in [6.45, 7) is 1.87. The number of aromatic nitrogens is 2. The van der Waals surface area contributed by atoms with Gasteiger partial charge in [0.05, 0.1) is 0 Å². The molecule has 0 saturated carbocycles. The molecule has 1 aromatic heterocycles. The Kier molecular flexibility index (Phi) is 8.22. The van der Waals surface area contributed by atoms with Crippen molar-refractivity contribution < 1.29 is 17.9 Å². The molecular weight excluding hydrogens is 493 g/mol. The zero-order valence-electron chi connectivity index (χ0n) is 20.3. The predicted octanol–water partition coefficient (Wildman–Crippen LogP) is 5.00. The van der Waals surface area contributed by atoms with E-state index >= 15 is 0 Å². The molecule has 4 aromatic rings. The van der Waals surface area contributed by atoms with Gasteiger partial charge in [0.1, 0.15) is 17.4 Å². The summed E-state index contributed by atoms with van der Waals surface area (Å²) in [6.07, 6.45) is 1.89. The lowest BCUT2D eigenvalue weighted by Crippen LogP contribution is -2.13. The Labute approximate surface area is 217 Å². The van der Waals surface area contributed by atoms with Crippen molar-refractivity contribution in [3.05, 3.63) is 102 Å². The van der Waals surface area contributed by atoms with Crippen LogP contribution in [0.1, 0.15) is 16.7 Å². The van der Waals surface area contributed by atoms with Gasteiger partial charge in [-0.1, -0.05) is 35.9 Å². The van der Waals surface area contributed by atoms with E-state index in [1.54, 1.807) is 48.7 Å². The van der Waals surface area contributed by atoms with Crippen molar-refractivity contribution in [1.29, 1.82) is 0 Å². The van der Waals surface area contributed by atoms with Gasteiger partial charge in [-0.15, -0.1) is 0 Å². The van der Waals surface area contributed by atoms with Crippen molar-refractivity contribution in [3.63, 3.8) is 0 Å². The molecule has 0 saturated heterocycles. The van der Waals surface area contributed by atoms with Crippen LogP contribution in [0.5, 0.6) is 0 Å². The molecule has 1 unspecified atom stereocenters. The molecule has 0 spiro atoms. The average Bonchev–Trinajstić information content (AvgIpc) is 2.86. The smallest absolute Gasteiger partial charge is 0.229 e. The van der Waals surface area contributed by atoms with E-state index in [9.17, 15) is 17.9 Å². The fraction of sp³-hybridized carbons (Fsp3) is 0.148. The third-order valence-corrected chi connectivity index (χ3v) is 6.02. The quantitative estimate of drug-likeness (QED) is 0.284. The van der Waals surface area contributed by atoms with Gasteiger partial charge in [-0.05, 0) is 60.5 Å². The molecule has 37 heavy (non-hydrogen) atoms. The topological polar surface area (TPSA) is 110 Å². The van der Waals surface area contributed by atoms with Crippen molar-refractivity contribution in [2.45, 2.75) is 19.8 Å². The highest BCUT2D eigenvalue weighted by Crippen LogP contribution is 2.24. The van der Waals surface area contributed by atoms with Gasteiger partial charge in [-0.3, -0.25) is 9.00 Å². The molecule has 4 rings (SSSR count). The van der Waals surface area contributed by atoms with E-state index in [0.717, 1.165) is 16.8 Å². The predicted molar refractivity (Wildman–Crippen MR) is 142 cm³/mol. The number of nitrogens with zero attached hydrogens (tertiary/aromatic N) is 3. The van der Waals surface area contributed by atoms with Crippen molar-refractivity contribution in [2.24, 2.45) is 0 Å². The van der Waals surface area contributed by atoms with Gasteiger partial charge < -0.3 is 19.5 Å². The fourth-order valence-corrected chi connectivity index (χ4v) is 4.11. The third kappa shape index (κ3) is 7.18. The van der Waals surface area contributed by atoms with Crippen molar-refractivity contribution in [3.8, 4) is 0 Å². The van der Waals surface area contributed by atoms with Crippen molar-refractivity contribution in [2.75, 3.05) is 22.0 Å². The van der Waals surface area contributed by atoms with Gasteiger partial charge in [0.2, 0.25) is 5.95 Å². The Bertz CT molecular complexity index is 1430. The Morgan fingerprint density at radius 1 is 1.03 bits per heavy atom. The number of ketones is 1. The molecule has 0 aliphatic carbocycles. The molecule has 0 amide bonds. The number of benzene rings is 3. The molecule has 10 heteroatoms. The molecule has 0 aliphatic rings. The monoisotopic (exact) mass is 518 g/mol. The normalized spacial score (nSPS) is 11.6. The number of carbonyl (C=O) groups excluding carboxylic acids is 1. The molecule has 1 atom stereocenters. The minimum absolute atomic E-state index is 0.0552. The molecule has 3 aromatic carbocycles. The Morgan fingerprint density at radius 2 is 1.78 bits per heavy atom. The first kappa shape index (κ1) is 25.9. The van der Waals surface area contributed by atoms with Crippen LogP contribution in [0.3, 0.4) is 0 Å². The number of carbonyl (C=O) groups is 1. The highest BCUT2D eigenvalue weighted by molar-refractivity contribution is 7.80. The number of nitrogens with one attached hydrogen (secondary N) is 2. The minimum Gasteiger partial charge on any atom is -0.755 e. The molecule has 190 valence electrons. The molecular formula is C27H25FN5O3S-. The number of halogens is 1. The molecule has 2 N–H and O–H groups in total. The van der Waals surface area contributed by atoms with Crippen LogP contribution in [-0.2, 0) is 28.9 Å². The first-order valence-corrected chi connectivity index (χ1v) is 12.5. The highest BCUT2D eigenvalue weighted by atomic mass is 32.2. The zero-order valence-corrected chi connectivity index (χ0v) is 21.1. The van der Waals surface area contributed by atoms with E-state index in [1.165, 1.54) is 6.07 Å². The number of hydrogen-bond acceptors (Lipinski definition) is 7. The first-order valence-electron chi connectivity index (χ1n) is 11.4. The second-order valence-electron chi connectivity index (χ2n) is 8.49. The Balaban J connectivity index is 1.40. The summed E-state index contributed by atoms with van der Waals surface area (Å²) in [5, 5.41) is 3.07. The number of aryl methyl sites for hydroxylation is 1. The summed E-state index contributed by atoms with van der Waals surface area (Å²) in [5.41, 5.74) is 4.06. The van der Waals surface area contributed by atoms with E-state index in [0.29, 0.717) is 28.7 Å². The first-order chi connectivity index (χ1) is 17.8. The van der Waals surface area contributed by atoms with E-state index in [4.69, 9.17) is 0 Å². The van der Waals surface area contributed by atoms with E-state index in [2.05, 4.69) is 20.0 Å². The lowest BCUT2D eigenvalue weighted by Gasteiger charge is -2.19. The van der Waals surface area contributed by atoms with Crippen LogP contribution in [0.4, 0.5) is 33.2 Å². The van der Waals surface area contributed by atoms with E-state index in [-0.39, 0.29) is 24.4 Å². The van der Waals surface area contributed by atoms with Crippen molar-refractivity contribution >= 4 is 45.9 Å². The molecule has 8 nitrogen and oxygen atoms in total. The minimum atomic E-state index is -2.42. The molecule has 0 radical (unpaired) electrons. The van der Waals surface area contributed by atoms with Crippen molar-refractivity contribution in [1.82, 2.24) is 9.97 Å². The summed E-state index contributed by atoms with van der Waals surface area (Å²) >= 11 is -2.42. The van der Waals surface area contributed by atoms with Crippen LogP contribution in [0.25, 0.3) is 0 Å². The van der Waals surface area contributed by atoms with Gasteiger partial charge in [0.15, 0.2) is 0 Å². The lowest BCUT2D eigenvalue weighted by molar-refractivity contribution is -0.117. The second-order valence-corrected chi connectivity index (χ2v) is 9.17. The molecule has 0 fully saturated rings. The zero-order chi connectivity index (χ0) is 26.4. The maximum atomic E-state index is 14.0. The maximum Gasteiger partial charge on any atom is 0.229 e. The van der Waals surface area contributed by atoms with Crippen LogP contribution in [0, 0.1) is 12.7 Å². The highest BCUT2D eigenvalue weighted by Gasteiger charge is 2.12. The number of anilines is 5. The summed E-state index contributed by atoms with van der Waals surface area (Å²) < 4.78 is 38.0. The standard InChI is InChI=1S/C27H26FN5O3S/c1-18-6-11-25(28)20(14-18)16-24(34)15-19-7-9-23(10-8-19)33(2)26-12-13-29-27(31-26)30-21-4-3-5-22(17-21)32-37(35)36/h3-14,17,32H,15-16H2,1-2H3,(H,35,36)(H,29,30,31)/p-1. The van der Waals surface area contributed by atoms with Crippen LogP contribution < -0.4 is 14.9 Å². The molecule has 0 aliphatic heterocycles. The summed E-state index contributed by atoms with van der Waals surface area (Å²) in [5.74, 6) is 0.553. The van der Waals surface area contributed by atoms with Gasteiger partial charge >= 0.3 is 0 Å². The van der Waals surface area contributed by atoms with E-state index in [1.807, 2.05) is 43.1 Å². The Hall–Kier alpha value is -4.15. The van der Waals surface area contributed by atoms with Crippen LogP contribution in [-0.4, -0.2) is 31.6 Å². The molecule has 0 bridgehead atoms. The van der Waals surface area contributed by atoms with Crippen LogP contribution >= 0.6 is 0 Å². The molecule has 1 heterocycles.